The number of carboxylic acids is 1. The Kier molecular flexibility index (Phi) is 4.71. The molecule has 0 aliphatic heterocycles. The third-order valence-corrected chi connectivity index (χ3v) is 3.74. The molecule has 10 heteroatoms. The van der Waals surface area contributed by atoms with Gasteiger partial charge in [0.25, 0.3) is 5.91 Å². The number of ether oxygens (including phenoxy) is 1. The van der Waals surface area contributed by atoms with E-state index in [4.69, 9.17) is 5.73 Å². The molecule has 0 radical (unpaired) electrons. The van der Waals surface area contributed by atoms with Crippen LogP contribution >= 0.6 is 0 Å². The fourth-order valence-electron chi connectivity index (χ4n) is 2.41. The molecule has 2 aromatic heterocycles. The molecule has 0 bridgehead atoms. The number of nitrogen functional groups attached to an aromatic ring is 1. The Hall–Kier alpha value is -3.95. The highest BCUT2D eigenvalue weighted by Crippen LogP contribution is 2.11. The van der Waals surface area contributed by atoms with Crippen molar-refractivity contribution in [2.24, 2.45) is 0 Å². The SMILES string of the molecule is COC(=O)c1ccc(CNC(=O)c2cc(C(=O)O)n3cc(N)nc3n2)cc1. The smallest absolute Gasteiger partial charge is 0.353 e. The Balaban J connectivity index is 1.78. The number of aromatic nitrogens is 3. The molecule has 0 fully saturated rings. The van der Waals surface area contributed by atoms with Gasteiger partial charge in [0.15, 0.2) is 0 Å². The number of nitrogens with one attached hydrogen (secondary N) is 1. The molecule has 4 N–H and O–H groups in total. The van der Waals surface area contributed by atoms with Crippen LogP contribution in [0.25, 0.3) is 5.78 Å². The number of amides is 1. The van der Waals surface area contributed by atoms with Gasteiger partial charge >= 0.3 is 11.9 Å². The van der Waals surface area contributed by atoms with Gasteiger partial charge in [-0.1, -0.05) is 12.1 Å². The molecule has 0 saturated heterocycles. The van der Waals surface area contributed by atoms with Gasteiger partial charge in [0.05, 0.1) is 18.9 Å². The lowest BCUT2D eigenvalue weighted by molar-refractivity contribution is 0.0599. The summed E-state index contributed by atoms with van der Waals surface area (Å²) >= 11 is 0. The summed E-state index contributed by atoms with van der Waals surface area (Å²) in [6, 6.07) is 7.63. The highest BCUT2D eigenvalue weighted by atomic mass is 16.5. The number of nitrogens with zero attached hydrogens (tertiary/aromatic N) is 3. The Labute approximate surface area is 152 Å². The Bertz CT molecular complexity index is 1040. The zero-order valence-electron chi connectivity index (χ0n) is 14.2. The van der Waals surface area contributed by atoms with Crippen LogP contribution < -0.4 is 11.1 Å². The lowest BCUT2D eigenvalue weighted by atomic mass is 10.1. The number of carboxylic acid groups (broad SMARTS) is 1. The highest BCUT2D eigenvalue weighted by molar-refractivity contribution is 5.96. The van der Waals surface area contributed by atoms with Crippen LogP contribution in [0.2, 0.25) is 0 Å². The average molecular weight is 369 g/mol. The van der Waals surface area contributed by atoms with Crippen LogP contribution in [0.5, 0.6) is 0 Å². The molecule has 2 heterocycles. The number of esters is 1. The van der Waals surface area contributed by atoms with Gasteiger partial charge in [-0.3, -0.25) is 9.20 Å². The van der Waals surface area contributed by atoms with E-state index in [2.05, 4.69) is 20.0 Å². The van der Waals surface area contributed by atoms with Crippen LogP contribution in [0.1, 0.15) is 36.9 Å². The van der Waals surface area contributed by atoms with Crippen molar-refractivity contribution in [3.8, 4) is 0 Å². The van der Waals surface area contributed by atoms with E-state index in [1.54, 1.807) is 24.3 Å². The molecule has 0 aliphatic rings. The quantitative estimate of drug-likeness (QED) is 0.557. The molecule has 0 atom stereocenters. The number of benzene rings is 1. The summed E-state index contributed by atoms with van der Waals surface area (Å²) in [5.41, 5.74) is 6.41. The van der Waals surface area contributed by atoms with E-state index >= 15 is 0 Å². The number of carbonyl (C=O) groups is 3. The number of nitrogens with two attached hydrogens (primary N) is 1. The van der Waals surface area contributed by atoms with E-state index in [1.165, 1.54) is 17.7 Å². The Morgan fingerprint density at radius 2 is 1.93 bits per heavy atom. The Morgan fingerprint density at radius 3 is 2.56 bits per heavy atom. The first-order valence-electron chi connectivity index (χ1n) is 7.73. The van der Waals surface area contributed by atoms with Crippen LogP contribution in [0.15, 0.2) is 36.5 Å². The number of carbonyl (C=O) groups excluding carboxylic acids is 2. The number of anilines is 1. The molecule has 10 nitrogen and oxygen atoms in total. The van der Waals surface area contributed by atoms with Crippen LogP contribution in [0, 0.1) is 0 Å². The largest absolute Gasteiger partial charge is 0.477 e. The van der Waals surface area contributed by atoms with Crippen LogP contribution in [0.3, 0.4) is 0 Å². The summed E-state index contributed by atoms with van der Waals surface area (Å²) in [7, 11) is 1.29. The molecule has 1 amide bonds. The first-order valence-corrected chi connectivity index (χ1v) is 7.73. The number of methoxy groups -OCH3 is 1. The summed E-state index contributed by atoms with van der Waals surface area (Å²) in [5, 5.41) is 11.9. The molecule has 0 aliphatic carbocycles. The lowest BCUT2D eigenvalue weighted by Crippen LogP contribution is -2.25. The minimum absolute atomic E-state index is 0.0139. The summed E-state index contributed by atoms with van der Waals surface area (Å²) in [6.07, 6.45) is 1.32. The third kappa shape index (κ3) is 3.68. The topological polar surface area (TPSA) is 149 Å². The summed E-state index contributed by atoms with van der Waals surface area (Å²) < 4.78 is 5.81. The number of imidazole rings is 1. The summed E-state index contributed by atoms with van der Waals surface area (Å²) in [4.78, 5) is 43.1. The molecule has 0 unspecified atom stereocenters. The maximum Gasteiger partial charge on any atom is 0.353 e. The number of rotatable bonds is 5. The molecule has 0 spiro atoms. The van der Waals surface area contributed by atoms with Crippen molar-refractivity contribution in [1.29, 1.82) is 0 Å². The molecule has 27 heavy (non-hydrogen) atoms. The fourth-order valence-corrected chi connectivity index (χ4v) is 2.41. The molecule has 138 valence electrons. The van der Waals surface area contributed by atoms with Gasteiger partial charge in [0.2, 0.25) is 5.78 Å². The predicted molar refractivity (Wildman–Crippen MR) is 93.3 cm³/mol. The van der Waals surface area contributed by atoms with Gasteiger partial charge in [-0.15, -0.1) is 0 Å². The average Bonchev–Trinajstić information content (AvgIpc) is 3.04. The lowest BCUT2D eigenvalue weighted by Gasteiger charge is -2.07. The van der Waals surface area contributed by atoms with Crippen molar-refractivity contribution in [1.82, 2.24) is 19.7 Å². The second kappa shape index (κ2) is 7.12. The predicted octanol–water partition coefficient (Wildman–Crippen LogP) is 0.726. The zero-order chi connectivity index (χ0) is 19.6. The maximum atomic E-state index is 12.4. The first kappa shape index (κ1) is 17.9. The Morgan fingerprint density at radius 1 is 1.22 bits per heavy atom. The standard InChI is InChI=1S/C17H15N5O5/c1-27-16(26)10-4-2-9(3-5-10)7-19-14(23)11-6-12(15(24)25)22-8-13(18)21-17(22)20-11/h2-6,8H,7,18H2,1H3,(H,19,23)(H,24,25). The number of hydrogen-bond donors (Lipinski definition) is 3. The molecule has 1 aromatic carbocycles. The maximum absolute atomic E-state index is 12.4. The second-order valence-corrected chi connectivity index (χ2v) is 5.54. The molecular formula is C17H15N5O5. The van der Waals surface area contributed by atoms with Crippen molar-refractivity contribution >= 4 is 29.4 Å². The van der Waals surface area contributed by atoms with Crippen molar-refractivity contribution in [3.63, 3.8) is 0 Å². The van der Waals surface area contributed by atoms with Crippen LogP contribution in [-0.4, -0.2) is 44.4 Å². The van der Waals surface area contributed by atoms with Crippen LogP contribution in [0.4, 0.5) is 5.82 Å². The minimum atomic E-state index is -1.24. The second-order valence-electron chi connectivity index (χ2n) is 5.54. The molecule has 3 rings (SSSR count). The fraction of sp³-hybridized carbons (Fsp3) is 0.118. The van der Waals surface area contributed by atoms with Crippen LogP contribution in [-0.2, 0) is 11.3 Å². The van der Waals surface area contributed by atoms with Gasteiger partial charge in [-0.05, 0) is 17.7 Å². The minimum Gasteiger partial charge on any atom is -0.477 e. The van der Waals surface area contributed by atoms with Gasteiger partial charge < -0.3 is 20.9 Å². The number of aromatic carboxylic acids is 1. The first-order chi connectivity index (χ1) is 12.9. The van der Waals surface area contributed by atoms with Crippen molar-refractivity contribution < 1.29 is 24.2 Å². The van der Waals surface area contributed by atoms with Crippen molar-refractivity contribution in [2.45, 2.75) is 6.54 Å². The monoisotopic (exact) mass is 369 g/mol. The van der Waals surface area contributed by atoms with E-state index in [9.17, 15) is 19.5 Å². The van der Waals surface area contributed by atoms with Crippen molar-refractivity contribution in [3.05, 3.63) is 59.0 Å². The summed E-state index contributed by atoms with van der Waals surface area (Å²) in [6.45, 7) is 0.159. The van der Waals surface area contributed by atoms with Crippen molar-refractivity contribution in [2.75, 3.05) is 12.8 Å². The molecule has 3 aromatic rings. The van der Waals surface area contributed by atoms with E-state index in [-0.39, 0.29) is 29.5 Å². The van der Waals surface area contributed by atoms with Gasteiger partial charge in [0, 0.05) is 12.6 Å². The van der Waals surface area contributed by atoms with Gasteiger partial charge in [0.1, 0.15) is 17.2 Å². The number of hydrogen-bond acceptors (Lipinski definition) is 7. The normalized spacial score (nSPS) is 10.6. The van der Waals surface area contributed by atoms with E-state index in [0.717, 1.165) is 11.6 Å². The van der Waals surface area contributed by atoms with E-state index < -0.39 is 17.8 Å². The third-order valence-electron chi connectivity index (χ3n) is 3.74. The van der Waals surface area contributed by atoms with Gasteiger partial charge in [-0.25, -0.2) is 14.6 Å². The highest BCUT2D eigenvalue weighted by Gasteiger charge is 2.17. The summed E-state index contributed by atoms with van der Waals surface area (Å²) in [5.74, 6) is -2.16. The van der Waals surface area contributed by atoms with E-state index in [1.807, 2.05) is 0 Å². The van der Waals surface area contributed by atoms with E-state index in [0.29, 0.717) is 5.56 Å². The number of fused-ring (bicyclic) bond motifs is 1. The van der Waals surface area contributed by atoms with Gasteiger partial charge in [-0.2, -0.15) is 4.98 Å². The zero-order valence-corrected chi connectivity index (χ0v) is 14.2. The molecule has 0 saturated carbocycles. The molecular weight excluding hydrogens is 354 g/mol.